The maximum atomic E-state index is 12.6. The van der Waals surface area contributed by atoms with Crippen molar-refractivity contribution in [3.05, 3.63) is 65.2 Å². The zero-order valence-corrected chi connectivity index (χ0v) is 14.3. The molecule has 0 bridgehead atoms. The Bertz CT molecular complexity index is 746. The Labute approximate surface area is 147 Å². The second-order valence-corrected chi connectivity index (χ2v) is 6.11. The summed E-state index contributed by atoms with van der Waals surface area (Å²) >= 11 is 0. The first kappa shape index (κ1) is 17.2. The summed E-state index contributed by atoms with van der Waals surface area (Å²) in [7, 11) is 1.60. The number of hydrogen-bond acceptors (Lipinski definition) is 3. The topological polar surface area (TPSA) is 58.6 Å². The van der Waals surface area contributed by atoms with Crippen molar-refractivity contribution in [2.45, 2.75) is 19.4 Å². The molecule has 0 aromatic heterocycles. The number of anilines is 1. The summed E-state index contributed by atoms with van der Waals surface area (Å²) in [6.45, 7) is 1.50. The third-order valence-electron chi connectivity index (χ3n) is 4.47. The predicted molar refractivity (Wildman–Crippen MR) is 96.2 cm³/mol. The van der Waals surface area contributed by atoms with Crippen LogP contribution in [0.1, 0.15) is 16.7 Å². The van der Waals surface area contributed by atoms with Gasteiger partial charge in [0.2, 0.25) is 0 Å². The van der Waals surface area contributed by atoms with E-state index in [1.54, 1.807) is 18.1 Å². The monoisotopic (exact) mass is 338 g/mol. The molecule has 0 saturated carbocycles. The van der Waals surface area contributed by atoms with Gasteiger partial charge in [0, 0.05) is 31.5 Å². The molecule has 2 aromatic rings. The normalized spacial score (nSPS) is 13.7. The molecule has 0 fully saturated rings. The van der Waals surface area contributed by atoms with Crippen LogP contribution in [0.15, 0.2) is 48.5 Å². The fourth-order valence-electron chi connectivity index (χ4n) is 3.11. The van der Waals surface area contributed by atoms with Crippen LogP contribution in [0.4, 0.5) is 5.69 Å². The largest absolute Gasteiger partial charge is 0.380 e. The fourth-order valence-corrected chi connectivity index (χ4v) is 3.11. The number of carbonyl (C=O) groups excluding carboxylic acids is 2. The first-order chi connectivity index (χ1) is 12.2. The van der Waals surface area contributed by atoms with Gasteiger partial charge in [0.15, 0.2) is 0 Å². The summed E-state index contributed by atoms with van der Waals surface area (Å²) in [6.07, 6.45) is 1.55. The van der Waals surface area contributed by atoms with E-state index >= 15 is 0 Å². The minimum atomic E-state index is -0.602. The van der Waals surface area contributed by atoms with Crippen LogP contribution in [0.3, 0.4) is 0 Å². The number of rotatable bonds is 3. The van der Waals surface area contributed by atoms with Crippen molar-refractivity contribution in [2.75, 3.05) is 25.5 Å². The number of methoxy groups -OCH3 is 1. The van der Waals surface area contributed by atoms with Crippen LogP contribution in [-0.2, 0) is 33.8 Å². The molecular formula is C20H22N2O3. The van der Waals surface area contributed by atoms with E-state index in [0.29, 0.717) is 25.4 Å². The molecule has 130 valence electrons. The lowest BCUT2D eigenvalue weighted by molar-refractivity contribution is -0.143. The summed E-state index contributed by atoms with van der Waals surface area (Å²) in [4.78, 5) is 26.6. The summed E-state index contributed by atoms with van der Waals surface area (Å²) in [6, 6.07) is 15.5. The highest BCUT2D eigenvalue weighted by molar-refractivity contribution is 6.39. The van der Waals surface area contributed by atoms with Crippen LogP contribution >= 0.6 is 0 Å². The summed E-state index contributed by atoms with van der Waals surface area (Å²) in [5.41, 5.74) is 3.96. The maximum absolute atomic E-state index is 12.6. The number of ether oxygens (including phenoxy) is 1. The smallest absolute Gasteiger partial charge is 0.313 e. The summed E-state index contributed by atoms with van der Waals surface area (Å²) in [5, 5.41) is 2.72. The Morgan fingerprint density at radius 2 is 1.60 bits per heavy atom. The number of nitrogens with one attached hydrogen (secondary N) is 1. The highest BCUT2D eigenvalue weighted by Crippen LogP contribution is 2.18. The molecule has 5 nitrogen and oxygen atoms in total. The van der Waals surface area contributed by atoms with Gasteiger partial charge in [0.25, 0.3) is 0 Å². The van der Waals surface area contributed by atoms with Gasteiger partial charge in [-0.2, -0.15) is 0 Å². The molecule has 25 heavy (non-hydrogen) atoms. The van der Waals surface area contributed by atoms with Crippen LogP contribution in [0.2, 0.25) is 0 Å². The van der Waals surface area contributed by atoms with Gasteiger partial charge in [0.1, 0.15) is 0 Å². The van der Waals surface area contributed by atoms with Crippen LogP contribution in [0.5, 0.6) is 0 Å². The van der Waals surface area contributed by atoms with Crippen LogP contribution < -0.4 is 5.32 Å². The standard InChI is InChI=1S/C20H22N2O3/c1-25-14-17-8-4-5-9-18(17)21-19(23)20(24)22-12-10-15-6-2-3-7-16(15)11-13-22/h2-9H,10-14H2,1H3,(H,21,23). The molecule has 2 aromatic carbocycles. The van der Waals surface area contributed by atoms with Crippen molar-refractivity contribution in [3.63, 3.8) is 0 Å². The molecule has 1 aliphatic rings. The van der Waals surface area contributed by atoms with Crippen LogP contribution in [0, 0.1) is 0 Å². The van der Waals surface area contributed by atoms with Crippen LogP contribution in [0.25, 0.3) is 0 Å². The van der Waals surface area contributed by atoms with Crippen molar-refractivity contribution >= 4 is 17.5 Å². The molecule has 3 rings (SSSR count). The Morgan fingerprint density at radius 3 is 2.24 bits per heavy atom. The number of nitrogens with zero attached hydrogens (tertiary/aromatic N) is 1. The van der Waals surface area contributed by atoms with E-state index < -0.39 is 11.8 Å². The van der Waals surface area contributed by atoms with Crippen molar-refractivity contribution in [1.82, 2.24) is 4.90 Å². The van der Waals surface area contributed by atoms with E-state index in [4.69, 9.17) is 4.74 Å². The number of amides is 2. The highest BCUT2D eigenvalue weighted by Gasteiger charge is 2.24. The Balaban J connectivity index is 1.66. The third kappa shape index (κ3) is 4.06. The Kier molecular flexibility index (Phi) is 5.46. The predicted octanol–water partition coefficient (Wildman–Crippen LogP) is 2.40. The number of hydrogen-bond donors (Lipinski definition) is 1. The quantitative estimate of drug-likeness (QED) is 0.875. The molecule has 1 aliphatic heterocycles. The molecule has 0 radical (unpaired) electrons. The third-order valence-corrected chi connectivity index (χ3v) is 4.47. The molecule has 0 atom stereocenters. The van der Waals surface area contributed by atoms with Gasteiger partial charge >= 0.3 is 11.8 Å². The minimum absolute atomic E-state index is 0.379. The fraction of sp³-hybridized carbons (Fsp3) is 0.300. The number of fused-ring (bicyclic) bond motifs is 1. The minimum Gasteiger partial charge on any atom is -0.380 e. The van der Waals surface area contributed by atoms with E-state index in [2.05, 4.69) is 17.4 Å². The molecule has 1 N–H and O–H groups in total. The first-order valence-electron chi connectivity index (χ1n) is 8.43. The van der Waals surface area contributed by atoms with Crippen LogP contribution in [-0.4, -0.2) is 36.9 Å². The van der Waals surface area contributed by atoms with Gasteiger partial charge in [-0.25, -0.2) is 0 Å². The van der Waals surface area contributed by atoms with E-state index in [9.17, 15) is 9.59 Å². The lowest BCUT2D eigenvalue weighted by Gasteiger charge is -2.20. The Morgan fingerprint density at radius 1 is 1.00 bits per heavy atom. The molecular weight excluding hydrogens is 316 g/mol. The molecule has 2 amide bonds. The van der Waals surface area contributed by atoms with E-state index in [-0.39, 0.29) is 0 Å². The van der Waals surface area contributed by atoms with Gasteiger partial charge in [-0.3, -0.25) is 9.59 Å². The van der Waals surface area contributed by atoms with Gasteiger partial charge in [-0.1, -0.05) is 42.5 Å². The summed E-state index contributed by atoms with van der Waals surface area (Å²) < 4.78 is 5.13. The number of carbonyl (C=O) groups is 2. The Hall–Kier alpha value is -2.66. The van der Waals surface area contributed by atoms with Crippen molar-refractivity contribution in [1.29, 1.82) is 0 Å². The lowest BCUT2D eigenvalue weighted by atomic mass is 10.0. The maximum Gasteiger partial charge on any atom is 0.313 e. The molecule has 0 saturated heterocycles. The number of benzene rings is 2. The van der Waals surface area contributed by atoms with Crippen molar-refractivity contribution < 1.29 is 14.3 Å². The molecule has 0 unspecified atom stereocenters. The number of para-hydroxylation sites is 1. The SMILES string of the molecule is COCc1ccccc1NC(=O)C(=O)N1CCc2ccccc2CC1. The molecule has 0 aliphatic carbocycles. The second kappa shape index (κ2) is 7.94. The zero-order chi connectivity index (χ0) is 17.6. The van der Waals surface area contributed by atoms with Gasteiger partial charge < -0.3 is 15.0 Å². The lowest BCUT2D eigenvalue weighted by Crippen LogP contribution is -2.41. The summed E-state index contributed by atoms with van der Waals surface area (Å²) in [5.74, 6) is -1.09. The molecule has 1 heterocycles. The highest BCUT2D eigenvalue weighted by atomic mass is 16.5. The van der Waals surface area contributed by atoms with Gasteiger partial charge in [0.05, 0.1) is 6.61 Å². The average Bonchev–Trinajstić information content (AvgIpc) is 2.85. The van der Waals surface area contributed by atoms with Crippen molar-refractivity contribution in [2.24, 2.45) is 0 Å². The second-order valence-electron chi connectivity index (χ2n) is 6.11. The van der Waals surface area contributed by atoms with E-state index in [0.717, 1.165) is 18.4 Å². The van der Waals surface area contributed by atoms with Crippen molar-refractivity contribution in [3.8, 4) is 0 Å². The molecule has 5 heteroatoms. The van der Waals surface area contributed by atoms with Gasteiger partial charge in [-0.15, -0.1) is 0 Å². The van der Waals surface area contributed by atoms with Gasteiger partial charge in [-0.05, 0) is 30.0 Å². The molecule has 0 spiro atoms. The first-order valence-corrected chi connectivity index (χ1v) is 8.43. The van der Waals surface area contributed by atoms with E-state index in [1.165, 1.54) is 11.1 Å². The van der Waals surface area contributed by atoms with E-state index in [1.807, 2.05) is 30.3 Å². The zero-order valence-electron chi connectivity index (χ0n) is 14.3. The average molecular weight is 338 g/mol.